The molecule has 0 atom stereocenters. The first-order valence-electron chi connectivity index (χ1n) is 8.74. The Morgan fingerprint density at radius 3 is 2.04 bits per heavy atom. The normalized spacial score (nSPS) is 10.8. The van der Waals surface area contributed by atoms with E-state index in [0.717, 1.165) is 46.2 Å². The van der Waals surface area contributed by atoms with E-state index < -0.39 is 0 Å². The quantitative estimate of drug-likeness (QED) is 0.453. The number of nitrogens with zero attached hydrogens (tertiary/aromatic N) is 1. The molecule has 3 aromatic carbocycles. The summed E-state index contributed by atoms with van der Waals surface area (Å²) in [7, 11) is 0. The van der Waals surface area contributed by atoms with Crippen LogP contribution in [0.25, 0.3) is 22.5 Å². The maximum atomic E-state index is 6.05. The van der Waals surface area contributed by atoms with Crippen molar-refractivity contribution in [3.8, 4) is 22.5 Å². The molecule has 0 amide bonds. The first-order valence-corrected chi connectivity index (χ1v) is 9.11. The summed E-state index contributed by atoms with van der Waals surface area (Å²) in [5.41, 5.74) is 5.54. The molecule has 0 fully saturated rings. The second kappa shape index (κ2) is 7.59. The summed E-state index contributed by atoms with van der Waals surface area (Å²) >= 11 is 6.05. The summed E-state index contributed by atoms with van der Waals surface area (Å²) < 4.78 is 0. The lowest BCUT2D eigenvalue weighted by Gasteiger charge is -2.03. The molecule has 0 aliphatic carbocycles. The highest BCUT2D eigenvalue weighted by molar-refractivity contribution is 6.30. The zero-order chi connectivity index (χ0) is 17.8. The highest BCUT2D eigenvalue weighted by Crippen LogP contribution is 2.31. The number of imidazole rings is 1. The second-order valence-electron chi connectivity index (χ2n) is 6.27. The average molecular weight is 359 g/mol. The van der Waals surface area contributed by atoms with Gasteiger partial charge in [0.2, 0.25) is 0 Å². The fourth-order valence-electron chi connectivity index (χ4n) is 3.08. The van der Waals surface area contributed by atoms with Crippen LogP contribution in [-0.4, -0.2) is 9.97 Å². The smallest absolute Gasteiger partial charge is 0.107 e. The number of aryl methyl sites for hydroxylation is 2. The van der Waals surface area contributed by atoms with Crippen molar-refractivity contribution in [2.75, 3.05) is 0 Å². The molecule has 2 nitrogen and oxygen atoms in total. The van der Waals surface area contributed by atoms with Gasteiger partial charge in [0.15, 0.2) is 0 Å². The predicted octanol–water partition coefficient (Wildman–Crippen LogP) is 6.18. The van der Waals surface area contributed by atoms with Crippen LogP contribution in [0.5, 0.6) is 0 Å². The summed E-state index contributed by atoms with van der Waals surface area (Å²) in [6.07, 6.45) is 1.83. The van der Waals surface area contributed by atoms with Crippen molar-refractivity contribution >= 4 is 11.6 Å². The Morgan fingerprint density at radius 2 is 1.35 bits per heavy atom. The summed E-state index contributed by atoms with van der Waals surface area (Å²) in [5.74, 6) is 0.998. The number of nitrogens with one attached hydrogen (secondary N) is 1. The van der Waals surface area contributed by atoms with Gasteiger partial charge in [-0.3, -0.25) is 0 Å². The van der Waals surface area contributed by atoms with Crippen molar-refractivity contribution in [2.45, 2.75) is 12.8 Å². The van der Waals surface area contributed by atoms with Gasteiger partial charge in [0.25, 0.3) is 0 Å². The van der Waals surface area contributed by atoms with E-state index in [0.29, 0.717) is 0 Å². The van der Waals surface area contributed by atoms with E-state index in [4.69, 9.17) is 16.6 Å². The Labute approximate surface area is 158 Å². The number of aromatic nitrogens is 2. The SMILES string of the molecule is Clc1ccc(-c2[nH]c(CCc3ccccc3)nc2-c2ccccc2)cc1. The van der Waals surface area contributed by atoms with Crippen molar-refractivity contribution in [3.63, 3.8) is 0 Å². The summed E-state index contributed by atoms with van der Waals surface area (Å²) in [6, 6.07) is 28.7. The number of H-pyrrole nitrogens is 1. The van der Waals surface area contributed by atoms with Gasteiger partial charge in [0.1, 0.15) is 5.82 Å². The van der Waals surface area contributed by atoms with E-state index in [1.54, 1.807) is 0 Å². The molecule has 0 saturated heterocycles. The minimum atomic E-state index is 0.735. The molecular formula is C23H19ClN2. The van der Waals surface area contributed by atoms with Crippen LogP contribution in [0, 0.1) is 0 Å². The van der Waals surface area contributed by atoms with Crippen LogP contribution in [0.3, 0.4) is 0 Å². The van der Waals surface area contributed by atoms with Crippen LogP contribution in [0.2, 0.25) is 5.02 Å². The van der Waals surface area contributed by atoms with E-state index >= 15 is 0 Å². The average Bonchev–Trinajstić information content (AvgIpc) is 3.13. The standard InChI is InChI=1S/C23H19ClN2/c24-20-14-12-19(13-15-20)23-22(18-9-5-2-6-10-18)25-21(26-23)16-11-17-7-3-1-4-8-17/h1-10,12-15H,11,16H2,(H,25,26). The summed E-state index contributed by atoms with van der Waals surface area (Å²) in [6.45, 7) is 0. The molecule has 0 saturated carbocycles. The molecule has 0 aliphatic rings. The van der Waals surface area contributed by atoms with Gasteiger partial charge in [0, 0.05) is 22.6 Å². The predicted molar refractivity (Wildman–Crippen MR) is 108 cm³/mol. The van der Waals surface area contributed by atoms with E-state index in [9.17, 15) is 0 Å². The third-order valence-electron chi connectivity index (χ3n) is 4.43. The maximum Gasteiger partial charge on any atom is 0.107 e. The van der Waals surface area contributed by atoms with Crippen molar-refractivity contribution < 1.29 is 0 Å². The molecule has 26 heavy (non-hydrogen) atoms. The number of aromatic amines is 1. The molecule has 1 N–H and O–H groups in total. The Morgan fingerprint density at radius 1 is 0.692 bits per heavy atom. The van der Waals surface area contributed by atoms with E-state index in [2.05, 4.69) is 41.4 Å². The van der Waals surface area contributed by atoms with Gasteiger partial charge < -0.3 is 4.98 Å². The monoisotopic (exact) mass is 358 g/mol. The molecule has 0 bridgehead atoms. The fraction of sp³-hybridized carbons (Fsp3) is 0.0870. The van der Waals surface area contributed by atoms with Crippen LogP contribution >= 0.6 is 11.6 Å². The van der Waals surface area contributed by atoms with Gasteiger partial charge >= 0.3 is 0 Å². The molecule has 128 valence electrons. The molecule has 0 unspecified atom stereocenters. The summed E-state index contributed by atoms with van der Waals surface area (Å²) in [5, 5.41) is 0.735. The van der Waals surface area contributed by atoms with Gasteiger partial charge in [-0.05, 0) is 24.1 Å². The van der Waals surface area contributed by atoms with Crippen molar-refractivity contribution in [2.24, 2.45) is 0 Å². The minimum absolute atomic E-state index is 0.735. The fourth-order valence-corrected chi connectivity index (χ4v) is 3.20. The highest BCUT2D eigenvalue weighted by Gasteiger charge is 2.14. The maximum absolute atomic E-state index is 6.05. The number of hydrogen-bond donors (Lipinski definition) is 1. The molecule has 4 rings (SSSR count). The second-order valence-corrected chi connectivity index (χ2v) is 6.70. The number of benzene rings is 3. The molecule has 1 heterocycles. The molecule has 0 aliphatic heterocycles. The Kier molecular flexibility index (Phi) is 4.85. The number of rotatable bonds is 5. The molecule has 1 aromatic heterocycles. The highest BCUT2D eigenvalue weighted by atomic mass is 35.5. The van der Waals surface area contributed by atoms with E-state index in [1.807, 2.05) is 48.5 Å². The lowest BCUT2D eigenvalue weighted by Crippen LogP contribution is -1.93. The molecule has 3 heteroatoms. The number of hydrogen-bond acceptors (Lipinski definition) is 1. The topological polar surface area (TPSA) is 28.7 Å². The largest absolute Gasteiger partial charge is 0.341 e. The molecular weight excluding hydrogens is 340 g/mol. The van der Waals surface area contributed by atoms with E-state index in [-0.39, 0.29) is 0 Å². The van der Waals surface area contributed by atoms with Crippen LogP contribution in [0.4, 0.5) is 0 Å². The molecule has 0 radical (unpaired) electrons. The Hall–Kier alpha value is -2.84. The van der Waals surface area contributed by atoms with Crippen LogP contribution < -0.4 is 0 Å². The van der Waals surface area contributed by atoms with Gasteiger partial charge in [-0.1, -0.05) is 84.4 Å². The van der Waals surface area contributed by atoms with Gasteiger partial charge in [0.05, 0.1) is 11.4 Å². The van der Waals surface area contributed by atoms with Gasteiger partial charge in [-0.2, -0.15) is 0 Å². The third-order valence-corrected chi connectivity index (χ3v) is 4.68. The first-order chi connectivity index (χ1) is 12.8. The minimum Gasteiger partial charge on any atom is -0.341 e. The Balaban J connectivity index is 1.69. The number of halogens is 1. The van der Waals surface area contributed by atoms with Crippen LogP contribution in [-0.2, 0) is 12.8 Å². The molecule has 4 aromatic rings. The van der Waals surface area contributed by atoms with Gasteiger partial charge in [-0.25, -0.2) is 4.98 Å². The lowest BCUT2D eigenvalue weighted by molar-refractivity contribution is 0.886. The van der Waals surface area contributed by atoms with Crippen molar-refractivity contribution in [1.29, 1.82) is 0 Å². The summed E-state index contributed by atoms with van der Waals surface area (Å²) in [4.78, 5) is 8.44. The Bertz CT molecular complexity index is 974. The third kappa shape index (κ3) is 3.71. The zero-order valence-electron chi connectivity index (χ0n) is 14.3. The van der Waals surface area contributed by atoms with Crippen molar-refractivity contribution in [3.05, 3.63) is 101 Å². The van der Waals surface area contributed by atoms with Crippen LogP contribution in [0.15, 0.2) is 84.9 Å². The first kappa shape index (κ1) is 16.6. The van der Waals surface area contributed by atoms with Crippen LogP contribution in [0.1, 0.15) is 11.4 Å². The van der Waals surface area contributed by atoms with E-state index in [1.165, 1.54) is 5.56 Å². The molecule has 0 spiro atoms. The zero-order valence-corrected chi connectivity index (χ0v) is 15.1. The van der Waals surface area contributed by atoms with Gasteiger partial charge in [-0.15, -0.1) is 0 Å². The van der Waals surface area contributed by atoms with Crippen molar-refractivity contribution in [1.82, 2.24) is 9.97 Å². The lowest BCUT2D eigenvalue weighted by atomic mass is 10.1.